The zero-order valence-corrected chi connectivity index (χ0v) is 10.3. The first-order valence-electron chi connectivity index (χ1n) is 5.75. The second kappa shape index (κ2) is 5.32. The van der Waals surface area contributed by atoms with Gasteiger partial charge >= 0.3 is 0 Å². The molecule has 1 N–H and O–H groups in total. The van der Waals surface area contributed by atoms with Gasteiger partial charge in [0.25, 0.3) is 0 Å². The molecular weight excluding hydrogens is 228 g/mol. The van der Waals surface area contributed by atoms with Crippen molar-refractivity contribution in [2.45, 2.75) is 26.3 Å². The molecule has 0 fully saturated rings. The first-order chi connectivity index (χ1) is 8.69. The average Bonchev–Trinajstić information content (AvgIpc) is 2.85. The van der Waals surface area contributed by atoms with Gasteiger partial charge in [0.2, 0.25) is 0 Å². The number of nitrogens with zero attached hydrogens (tertiary/aromatic N) is 3. The highest BCUT2D eigenvalue weighted by Crippen LogP contribution is 2.15. The Morgan fingerprint density at radius 3 is 2.94 bits per heavy atom. The van der Waals surface area contributed by atoms with Gasteiger partial charge < -0.3 is 9.84 Å². The Morgan fingerprint density at radius 2 is 2.28 bits per heavy atom. The molecule has 92 valence electrons. The lowest BCUT2D eigenvalue weighted by atomic mass is 10.1. The van der Waals surface area contributed by atoms with Crippen molar-refractivity contribution < 1.29 is 4.52 Å². The highest BCUT2D eigenvalue weighted by Gasteiger charge is 2.07. The molecule has 0 amide bonds. The Bertz CT molecular complexity index is 568. The van der Waals surface area contributed by atoms with Crippen molar-refractivity contribution in [2.24, 2.45) is 0 Å². The Balaban J connectivity index is 2.00. The number of rotatable bonds is 4. The van der Waals surface area contributed by atoms with Gasteiger partial charge in [-0.1, -0.05) is 25.1 Å². The molecule has 0 radical (unpaired) electrons. The molecule has 2 rings (SSSR count). The highest BCUT2D eigenvalue weighted by molar-refractivity contribution is 5.38. The van der Waals surface area contributed by atoms with Gasteiger partial charge in [-0.3, -0.25) is 0 Å². The molecule has 0 saturated heterocycles. The molecule has 0 aromatic carbocycles. The summed E-state index contributed by atoms with van der Waals surface area (Å²) in [7, 11) is 0. The first kappa shape index (κ1) is 12.1. The normalized spacial score (nSPS) is 10.3. The molecule has 0 spiro atoms. The molecule has 0 bridgehead atoms. The molecule has 5 nitrogen and oxygen atoms in total. The maximum Gasteiger partial charge on any atom is 0.156 e. The molecule has 2 aromatic rings. The van der Waals surface area contributed by atoms with Crippen molar-refractivity contribution in [1.29, 1.82) is 5.26 Å². The summed E-state index contributed by atoms with van der Waals surface area (Å²) in [5, 5.41) is 15.8. The fraction of sp³-hybridized carbons (Fsp3) is 0.308. The standard InChI is InChI=1S/C13H14N4O/c1-9(2)12-6-11(18-17-12)8-15-13-5-3-4-10(7-14)16-13/h3-6,9H,8H2,1-2H3,(H,15,16). The van der Waals surface area contributed by atoms with E-state index in [1.807, 2.05) is 12.1 Å². The number of aromatic nitrogens is 2. The van der Waals surface area contributed by atoms with Gasteiger partial charge in [-0.25, -0.2) is 4.98 Å². The van der Waals surface area contributed by atoms with Crippen molar-refractivity contribution in [1.82, 2.24) is 10.1 Å². The SMILES string of the molecule is CC(C)c1cc(CNc2cccc(C#N)n2)on1. The molecule has 18 heavy (non-hydrogen) atoms. The maximum atomic E-state index is 8.74. The summed E-state index contributed by atoms with van der Waals surface area (Å²) in [4.78, 5) is 4.11. The molecule has 2 aromatic heterocycles. The van der Waals surface area contributed by atoms with Crippen LogP contribution in [0.3, 0.4) is 0 Å². The molecule has 0 aliphatic heterocycles. The van der Waals surface area contributed by atoms with Crippen LogP contribution < -0.4 is 5.32 Å². The molecule has 0 unspecified atom stereocenters. The quantitative estimate of drug-likeness (QED) is 0.892. The number of hydrogen-bond donors (Lipinski definition) is 1. The zero-order chi connectivity index (χ0) is 13.0. The van der Waals surface area contributed by atoms with Crippen LogP contribution >= 0.6 is 0 Å². The molecule has 5 heteroatoms. The smallest absolute Gasteiger partial charge is 0.156 e. The minimum absolute atomic E-state index is 0.350. The molecule has 0 aliphatic carbocycles. The number of nitrogens with one attached hydrogen (secondary N) is 1. The fourth-order valence-corrected chi connectivity index (χ4v) is 1.46. The second-order valence-corrected chi connectivity index (χ2v) is 4.25. The largest absolute Gasteiger partial charge is 0.363 e. The van der Waals surface area contributed by atoms with Crippen molar-refractivity contribution >= 4 is 5.82 Å². The van der Waals surface area contributed by atoms with Crippen LogP contribution in [-0.2, 0) is 6.54 Å². The van der Waals surface area contributed by atoms with E-state index in [1.54, 1.807) is 18.2 Å². The molecule has 0 saturated carbocycles. The van der Waals surface area contributed by atoms with E-state index in [1.165, 1.54) is 0 Å². The summed E-state index contributed by atoms with van der Waals surface area (Å²) < 4.78 is 5.20. The number of pyridine rings is 1. The van der Waals surface area contributed by atoms with Crippen LogP contribution in [0.4, 0.5) is 5.82 Å². The lowest BCUT2D eigenvalue weighted by molar-refractivity contribution is 0.379. The van der Waals surface area contributed by atoms with Crippen LogP contribution in [0.2, 0.25) is 0 Å². The Morgan fingerprint density at radius 1 is 1.44 bits per heavy atom. The summed E-state index contributed by atoms with van der Waals surface area (Å²) in [6, 6.07) is 9.17. The van der Waals surface area contributed by atoms with Crippen LogP contribution in [0.15, 0.2) is 28.8 Å². The minimum Gasteiger partial charge on any atom is -0.363 e. The van der Waals surface area contributed by atoms with Crippen molar-refractivity contribution in [3.8, 4) is 6.07 Å². The summed E-state index contributed by atoms with van der Waals surface area (Å²) in [5.74, 6) is 1.75. The van der Waals surface area contributed by atoms with E-state index in [4.69, 9.17) is 9.78 Å². The third-order valence-corrected chi connectivity index (χ3v) is 2.48. The molecule has 2 heterocycles. The Hall–Kier alpha value is -2.35. The zero-order valence-electron chi connectivity index (χ0n) is 10.3. The molecule has 0 atom stereocenters. The van der Waals surface area contributed by atoms with E-state index in [9.17, 15) is 0 Å². The molecule has 0 aliphatic rings. The van der Waals surface area contributed by atoms with E-state index in [0.29, 0.717) is 24.0 Å². The van der Waals surface area contributed by atoms with Gasteiger partial charge in [-0.2, -0.15) is 5.26 Å². The van der Waals surface area contributed by atoms with Crippen LogP contribution in [0.1, 0.15) is 36.9 Å². The van der Waals surface area contributed by atoms with Crippen LogP contribution in [-0.4, -0.2) is 10.1 Å². The van der Waals surface area contributed by atoms with Crippen molar-refractivity contribution in [3.63, 3.8) is 0 Å². The summed E-state index contributed by atoms with van der Waals surface area (Å²) in [6.07, 6.45) is 0. The monoisotopic (exact) mass is 242 g/mol. The summed E-state index contributed by atoms with van der Waals surface area (Å²) in [6.45, 7) is 4.63. The summed E-state index contributed by atoms with van der Waals surface area (Å²) >= 11 is 0. The summed E-state index contributed by atoms with van der Waals surface area (Å²) in [5.41, 5.74) is 1.32. The first-order valence-corrected chi connectivity index (χ1v) is 5.75. The number of nitriles is 1. The average molecular weight is 242 g/mol. The van der Waals surface area contributed by atoms with Crippen LogP contribution in [0.25, 0.3) is 0 Å². The van der Waals surface area contributed by atoms with Crippen molar-refractivity contribution in [3.05, 3.63) is 41.4 Å². The predicted molar refractivity (Wildman–Crippen MR) is 66.9 cm³/mol. The van der Waals surface area contributed by atoms with Crippen LogP contribution in [0, 0.1) is 11.3 Å². The third kappa shape index (κ3) is 2.86. The Kier molecular flexibility index (Phi) is 3.58. The number of hydrogen-bond acceptors (Lipinski definition) is 5. The molecular formula is C13H14N4O. The van der Waals surface area contributed by atoms with Gasteiger partial charge in [0.05, 0.1) is 12.2 Å². The van der Waals surface area contributed by atoms with Crippen molar-refractivity contribution in [2.75, 3.05) is 5.32 Å². The van der Waals surface area contributed by atoms with E-state index >= 15 is 0 Å². The van der Waals surface area contributed by atoms with Gasteiger partial charge in [0.15, 0.2) is 5.76 Å². The lowest BCUT2D eigenvalue weighted by Gasteiger charge is -2.02. The van der Waals surface area contributed by atoms with Gasteiger partial charge in [0.1, 0.15) is 17.6 Å². The van der Waals surface area contributed by atoms with Gasteiger partial charge in [-0.15, -0.1) is 0 Å². The maximum absolute atomic E-state index is 8.74. The number of anilines is 1. The van der Waals surface area contributed by atoms with E-state index in [0.717, 1.165) is 11.5 Å². The predicted octanol–water partition coefficient (Wildman–Crippen LogP) is 2.68. The topological polar surface area (TPSA) is 74.7 Å². The lowest BCUT2D eigenvalue weighted by Crippen LogP contribution is -2.00. The van der Waals surface area contributed by atoms with Crippen LogP contribution in [0.5, 0.6) is 0 Å². The second-order valence-electron chi connectivity index (χ2n) is 4.25. The van der Waals surface area contributed by atoms with Gasteiger partial charge in [-0.05, 0) is 18.1 Å². The fourth-order valence-electron chi connectivity index (χ4n) is 1.46. The van der Waals surface area contributed by atoms with Gasteiger partial charge in [0, 0.05) is 6.07 Å². The minimum atomic E-state index is 0.350. The van der Waals surface area contributed by atoms with E-state index < -0.39 is 0 Å². The van der Waals surface area contributed by atoms with E-state index in [-0.39, 0.29) is 0 Å². The van der Waals surface area contributed by atoms with E-state index in [2.05, 4.69) is 29.3 Å². The highest BCUT2D eigenvalue weighted by atomic mass is 16.5. The third-order valence-electron chi connectivity index (χ3n) is 2.48. The Labute approximate surface area is 105 Å².